The van der Waals surface area contributed by atoms with Crippen molar-refractivity contribution in [1.82, 2.24) is 9.88 Å². The van der Waals surface area contributed by atoms with E-state index in [0.29, 0.717) is 0 Å². The summed E-state index contributed by atoms with van der Waals surface area (Å²) in [5, 5.41) is 5.25. The molecule has 1 fully saturated rings. The third-order valence-electron chi connectivity index (χ3n) is 3.84. The van der Waals surface area contributed by atoms with E-state index in [2.05, 4.69) is 33.6 Å². The first kappa shape index (κ1) is 14.5. The van der Waals surface area contributed by atoms with Gasteiger partial charge in [0.15, 0.2) is 0 Å². The second-order valence-electron chi connectivity index (χ2n) is 5.32. The first-order valence-corrected chi connectivity index (χ1v) is 8.16. The Bertz CT molecular complexity index is 599. The van der Waals surface area contributed by atoms with E-state index in [1.54, 1.807) is 0 Å². The zero-order valence-electron chi connectivity index (χ0n) is 12.5. The molecule has 0 amide bonds. The highest BCUT2D eigenvalue weighted by molar-refractivity contribution is 7.10. The Morgan fingerprint density at radius 2 is 2.33 bits per heavy atom. The SMILES string of the molecule is CNc1cccc(C2CN(Cc3sccc3C)CCO2)n1. The van der Waals surface area contributed by atoms with E-state index in [4.69, 9.17) is 4.74 Å². The molecule has 0 spiro atoms. The molecule has 0 aromatic carbocycles. The normalized spacial score (nSPS) is 19.6. The number of rotatable bonds is 4. The standard InChI is InChI=1S/C16H21N3OS/c1-12-6-9-21-15(12)11-19-7-8-20-14(10-19)13-4-3-5-16(17-2)18-13/h3-6,9,14H,7-8,10-11H2,1-2H3,(H,17,18). The van der Waals surface area contributed by atoms with Gasteiger partial charge in [0.1, 0.15) is 11.9 Å². The summed E-state index contributed by atoms with van der Waals surface area (Å²) in [7, 11) is 1.89. The molecular formula is C16H21N3OS. The van der Waals surface area contributed by atoms with Crippen molar-refractivity contribution >= 4 is 17.2 Å². The second kappa shape index (κ2) is 6.56. The lowest BCUT2D eigenvalue weighted by Gasteiger charge is -2.32. The smallest absolute Gasteiger partial charge is 0.126 e. The number of hydrogen-bond donors (Lipinski definition) is 1. The van der Waals surface area contributed by atoms with Crippen LogP contribution < -0.4 is 5.32 Å². The molecule has 2 aromatic rings. The molecule has 0 radical (unpaired) electrons. The summed E-state index contributed by atoms with van der Waals surface area (Å²) >= 11 is 1.84. The maximum atomic E-state index is 5.91. The van der Waals surface area contributed by atoms with Gasteiger partial charge >= 0.3 is 0 Å². The Balaban J connectivity index is 1.69. The molecule has 3 rings (SSSR count). The van der Waals surface area contributed by atoms with Crippen LogP contribution in [0.3, 0.4) is 0 Å². The van der Waals surface area contributed by atoms with Gasteiger partial charge in [-0.25, -0.2) is 4.98 Å². The zero-order chi connectivity index (χ0) is 14.7. The number of nitrogens with one attached hydrogen (secondary N) is 1. The molecule has 1 N–H and O–H groups in total. The fourth-order valence-corrected chi connectivity index (χ4v) is 3.51. The van der Waals surface area contributed by atoms with Gasteiger partial charge in [0, 0.05) is 31.6 Å². The third-order valence-corrected chi connectivity index (χ3v) is 4.85. The van der Waals surface area contributed by atoms with Gasteiger partial charge in [0.2, 0.25) is 0 Å². The summed E-state index contributed by atoms with van der Waals surface area (Å²) in [4.78, 5) is 8.51. The summed E-state index contributed by atoms with van der Waals surface area (Å²) in [5.74, 6) is 0.891. The fourth-order valence-electron chi connectivity index (χ4n) is 2.56. The number of nitrogens with zero attached hydrogens (tertiary/aromatic N) is 2. The van der Waals surface area contributed by atoms with Crippen molar-refractivity contribution in [3.8, 4) is 0 Å². The fraction of sp³-hybridized carbons (Fsp3) is 0.438. The van der Waals surface area contributed by atoms with Crippen LogP contribution in [-0.4, -0.2) is 36.6 Å². The van der Waals surface area contributed by atoms with Crippen LogP contribution in [0, 0.1) is 6.92 Å². The Morgan fingerprint density at radius 1 is 1.43 bits per heavy atom. The van der Waals surface area contributed by atoms with Crippen LogP contribution in [-0.2, 0) is 11.3 Å². The molecule has 1 saturated heterocycles. The van der Waals surface area contributed by atoms with Crippen molar-refractivity contribution in [3.05, 3.63) is 45.8 Å². The van der Waals surface area contributed by atoms with Crippen molar-refractivity contribution in [3.63, 3.8) is 0 Å². The molecule has 112 valence electrons. The number of anilines is 1. The van der Waals surface area contributed by atoms with Crippen LogP contribution in [0.4, 0.5) is 5.82 Å². The predicted octanol–water partition coefficient (Wildman–Crippen LogP) is 3.07. The highest BCUT2D eigenvalue weighted by atomic mass is 32.1. The number of morpholine rings is 1. The molecule has 1 atom stereocenters. The molecule has 0 aliphatic carbocycles. The lowest BCUT2D eigenvalue weighted by molar-refractivity contribution is -0.0346. The first-order chi connectivity index (χ1) is 10.3. The minimum absolute atomic E-state index is 0.0623. The van der Waals surface area contributed by atoms with Crippen molar-refractivity contribution in [2.75, 3.05) is 32.1 Å². The predicted molar refractivity (Wildman–Crippen MR) is 86.8 cm³/mol. The van der Waals surface area contributed by atoms with E-state index in [9.17, 15) is 0 Å². The number of thiophene rings is 1. The van der Waals surface area contributed by atoms with Gasteiger partial charge in [0.25, 0.3) is 0 Å². The Labute approximate surface area is 129 Å². The quantitative estimate of drug-likeness (QED) is 0.942. The van der Waals surface area contributed by atoms with Crippen LogP contribution in [0.25, 0.3) is 0 Å². The maximum absolute atomic E-state index is 5.91. The number of ether oxygens (including phenoxy) is 1. The van der Waals surface area contributed by atoms with Crippen molar-refractivity contribution < 1.29 is 4.74 Å². The molecule has 2 aromatic heterocycles. The van der Waals surface area contributed by atoms with Gasteiger partial charge in [-0.15, -0.1) is 11.3 Å². The Kier molecular flexibility index (Phi) is 4.53. The largest absolute Gasteiger partial charge is 0.373 e. The lowest BCUT2D eigenvalue weighted by Crippen LogP contribution is -2.38. The van der Waals surface area contributed by atoms with E-state index in [-0.39, 0.29) is 6.10 Å². The monoisotopic (exact) mass is 303 g/mol. The van der Waals surface area contributed by atoms with Crippen LogP contribution in [0.5, 0.6) is 0 Å². The maximum Gasteiger partial charge on any atom is 0.126 e. The minimum atomic E-state index is 0.0623. The topological polar surface area (TPSA) is 37.4 Å². The molecule has 3 heterocycles. The average molecular weight is 303 g/mol. The van der Waals surface area contributed by atoms with Crippen LogP contribution >= 0.6 is 11.3 Å². The Morgan fingerprint density at radius 3 is 3.10 bits per heavy atom. The summed E-state index contributed by atoms with van der Waals surface area (Å²) < 4.78 is 5.91. The van der Waals surface area contributed by atoms with Gasteiger partial charge in [-0.3, -0.25) is 4.90 Å². The lowest BCUT2D eigenvalue weighted by atomic mass is 10.1. The Hall–Kier alpha value is -1.43. The highest BCUT2D eigenvalue weighted by Gasteiger charge is 2.23. The summed E-state index contributed by atoms with van der Waals surface area (Å²) in [5.41, 5.74) is 2.40. The van der Waals surface area contributed by atoms with Gasteiger partial charge in [0.05, 0.1) is 12.3 Å². The first-order valence-electron chi connectivity index (χ1n) is 7.28. The van der Waals surface area contributed by atoms with Gasteiger partial charge in [-0.2, -0.15) is 0 Å². The molecule has 1 aliphatic rings. The number of aromatic nitrogens is 1. The van der Waals surface area contributed by atoms with Crippen molar-refractivity contribution in [1.29, 1.82) is 0 Å². The minimum Gasteiger partial charge on any atom is -0.373 e. The second-order valence-corrected chi connectivity index (χ2v) is 6.32. The number of pyridine rings is 1. The van der Waals surface area contributed by atoms with Gasteiger partial charge < -0.3 is 10.1 Å². The number of aryl methyl sites for hydroxylation is 1. The van der Waals surface area contributed by atoms with E-state index < -0.39 is 0 Å². The van der Waals surface area contributed by atoms with E-state index in [1.807, 2.05) is 36.6 Å². The van der Waals surface area contributed by atoms with Crippen LogP contribution in [0.2, 0.25) is 0 Å². The number of hydrogen-bond acceptors (Lipinski definition) is 5. The van der Waals surface area contributed by atoms with Crippen molar-refractivity contribution in [2.24, 2.45) is 0 Å². The van der Waals surface area contributed by atoms with E-state index >= 15 is 0 Å². The summed E-state index contributed by atoms with van der Waals surface area (Å²) in [6.07, 6.45) is 0.0623. The van der Waals surface area contributed by atoms with E-state index in [0.717, 1.165) is 37.8 Å². The van der Waals surface area contributed by atoms with Gasteiger partial charge in [-0.1, -0.05) is 6.07 Å². The van der Waals surface area contributed by atoms with Crippen LogP contribution in [0.1, 0.15) is 22.2 Å². The highest BCUT2D eigenvalue weighted by Crippen LogP contribution is 2.25. The molecule has 0 saturated carbocycles. The molecule has 21 heavy (non-hydrogen) atoms. The van der Waals surface area contributed by atoms with Gasteiger partial charge in [-0.05, 0) is 36.1 Å². The third kappa shape index (κ3) is 3.43. The van der Waals surface area contributed by atoms with Crippen molar-refractivity contribution in [2.45, 2.75) is 19.6 Å². The zero-order valence-corrected chi connectivity index (χ0v) is 13.3. The summed E-state index contributed by atoms with van der Waals surface area (Å²) in [6.45, 7) is 5.84. The molecule has 5 heteroatoms. The molecule has 0 bridgehead atoms. The average Bonchev–Trinajstić information content (AvgIpc) is 2.93. The molecule has 1 unspecified atom stereocenters. The van der Waals surface area contributed by atoms with E-state index in [1.165, 1.54) is 10.4 Å². The molecule has 4 nitrogen and oxygen atoms in total. The summed E-state index contributed by atoms with van der Waals surface area (Å²) in [6, 6.07) is 8.24. The van der Waals surface area contributed by atoms with Crippen LogP contribution in [0.15, 0.2) is 29.6 Å². The molecule has 1 aliphatic heterocycles. The molecular weight excluding hydrogens is 282 g/mol.